The summed E-state index contributed by atoms with van der Waals surface area (Å²) < 4.78 is 0. The third-order valence-corrected chi connectivity index (χ3v) is 4.07. The smallest absolute Gasteiger partial charge is 0.423 e. The molecule has 0 spiro atoms. The molecule has 116 valence electrons. The Labute approximate surface area is 134 Å². The number of benzene rings is 2. The molecule has 0 amide bonds. The minimum Gasteiger partial charge on any atom is -0.423 e. The largest absolute Gasteiger partial charge is 0.489 e. The molecule has 0 saturated heterocycles. The first-order valence-corrected chi connectivity index (χ1v) is 8.26. The van der Waals surface area contributed by atoms with Crippen molar-refractivity contribution in [3.8, 4) is 11.1 Å². The van der Waals surface area contributed by atoms with Gasteiger partial charge in [0.15, 0.2) is 0 Å². The zero-order chi connectivity index (χ0) is 15.8. The number of unbranched alkanes of at least 4 members (excludes halogenated alkanes) is 4. The van der Waals surface area contributed by atoms with Crippen molar-refractivity contribution in [1.82, 2.24) is 0 Å². The molecule has 0 saturated carbocycles. The highest BCUT2D eigenvalue weighted by atomic mass is 16.4. The Bertz CT molecular complexity index is 564. The van der Waals surface area contributed by atoms with Crippen LogP contribution in [-0.4, -0.2) is 17.2 Å². The van der Waals surface area contributed by atoms with Crippen molar-refractivity contribution in [2.24, 2.45) is 0 Å². The quantitative estimate of drug-likeness (QED) is 0.578. The van der Waals surface area contributed by atoms with Gasteiger partial charge in [-0.05, 0) is 35.0 Å². The Morgan fingerprint density at radius 2 is 1.50 bits per heavy atom. The highest BCUT2D eigenvalue weighted by Gasteiger charge is 2.15. The molecule has 22 heavy (non-hydrogen) atoms. The van der Waals surface area contributed by atoms with Gasteiger partial charge in [-0.25, -0.2) is 0 Å². The molecular weight excluding hydrogens is 271 g/mol. The van der Waals surface area contributed by atoms with E-state index < -0.39 is 7.12 Å². The van der Waals surface area contributed by atoms with Crippen LogP contribution < -0.4 is 5.46 Å². The van der Waals surface area contributed by atoms with Gasteiger partial charge in [0.25, 0.3) is 0 Å². The highest BCUT2D eigenvalue weighted by molar-refractivity contribution is 6.60. The average Bonchev–Trinajstić information content (AvgIpc) is 2.55. The maximum atomic E-state index is 9.46. The molecule has 0 aliphatic rings. The first-order chi connectivity index (χ1) is 10.7. The van der Waals surface area contributed by atoms with Gasteiger partial charge in [-0.2, -0.15) is 0 Å². The van der Waals surface area contributed by atoms with Crippen LogP contribution in [0.4, 0.5) is 0 Å². The summed E-state index contributed by atoms with van der Waals surface area (Å²) in [5.41, 5.74) is 3.81. The van der Waals surface area contributed by atoms with Crippen LogP contribution in [0.3, 0.4) is 0 Å². The molecule has 0 radical (unpaired) electrons. The van der Waals surface area contributed by atoms with E-state index in [-0.39, 0.29) is 0 Å². The lowest BCUT2D eigenvalue weighted by Crippen LogP contribution is -2.31. The normalized spacial score (nSPS) is 10.7. The van der Waals surface area contributed by atoms with E-state index in [0.29, 0.717) is 5.46 Å². The van der Waals surface area contributed by atoms with Crippen molar-refractivity contribution in [1.29, 1.82) is 0 Å². The van der Waals surface area contributed by atoms with Crippen molar-refractivity contribution < 1.29 is 10.0 Å². The molecule has 0 unspecified atom stereocenters. The van der Waals surface area contributed by atoms with Crippen LogP contribution in [0.15, 0.2) is 48.5 Å². The summed E-state index contributed by atoms with van der Waals surface area (Å²) >= 11 is 0. The Morgan fingerprint density at radius 3 is 2.18 bits per heavy atom. The van der Waals surface area contributed by atoms with Gasteiger partial charge in [-0.3, -0.25) is 0 Å². The second-order valence-corrected chi connectivity index (χ2v) is 5.82. The fourth-order valence-corrected chi connectivity index (χ4v) is 2.77. The number of aryl methyl sites for hydroxylation is 1. The molecule has 0 aromatic heterocycles. The number of hydrogen-bond acceptors (Lipinski definition) is 2. The van der Waals surface area contributed by atoms with Crippen molar-refractivity contribution in [3.05, 3.63) is 54.1 Å². The van der Waals surface area contributed by atoms with Crippen LogP contribution in [0.2, 0.25) is 0 Å². The van der Waals surface area contributed by atoms with E-state index in [0.717, 1.165) is 17.5 Å². The molecule has 0 aliphatic carbocycles. The van der Waals surface area contributed by atoms with Gasteiger partial charge < -0.3 is 10.0 Å². The molecule has 3 heteroatoms. The van der Waals surface area contributed by atoms with E-state index >= 15 is 0 Å². The van der Waals surface area contributed by atoms with Crippen LogP contribution in [0, 0.1) is 0 Å². The average molecular weight is 296 g/mol. The van der Waals surface area contributed by atoms with Gasteiger partial charge in [0.1, 0.15) is 0 Å². The molecule has 2 N–H and O–H groups in total. The first-order valence-electron chi connectivity index (χ1n) is 8.26. The van der Waals surface area contributed by atoms with Gasteiger partial charge in [0.05, 0.1) is 0 Å². The van der Waals surface area contributed by atoms with E-state index in [1.165, 1.54) is 37.7 Å². The maximum Gasteiger partial charge on any atom is 0.489 e. The first kappa shape index (κ1) is 16.8. The molecule has 0 heterocycles. The minimum absolute atomic E-state index is 0.551. The third-order valence-electron chi connectivity index (χ3n) is 4.07. The Balaban J connectivity index is 2.00. The van der Waals surface area contributed by atoms with Crippen molar-refractivity contribution in [3.63, 3.8) is 0 Å². The molecule has 2 rings (SSSR count). The number of hydrogen-bond donors (Lipinski definition) is 2. The maximum absolute atomic E-state index is 9.46. The van der Waals surface area contributed by atoms with Gasteiger partial charge in [0.2, 0.25) is 0 Å². The lowest BCUT2D eigenvalue weighted by Gasteiger charge is -2.10. The molecule has 2 aromatic carbocycles. The predicted octanol–water partition coefficient (Wildman–Crippen LogP) is 3.55. The lowest BCUT2D eigenvalue weighted by molar-refractivity contribution is 0.426. The van der Waals surface area contributed by atoms with E-state index in [1.807, 2.05) is 18.2 Å². The molecular formula is C19H25BO2. The summed E-state index contributed by atoms with van der Waals surface area (Å²) in [4.78, 5) is 0. The second-order valence-electron chi connectivity index (χ2n) is 5.82. The van der Waals surface area contributed by atoms with E-state index in [4.69, 9.17) is 0 Å². The van der Waals surface area contributed by atoms with Crippen molar-refractivity contribution >= 4 is 12.6 Å². The highest BCUT2D eigenvalue weighted by Crippen LogP contribution is 2.19. The summed E-state index contributed by atoms with van der Waals surface area (Å²) in [7, 11) is -1.44. The van der Waals surface area contributed by atoms with Gasteiger partial charge in [-0.15, -0.1) is 0 Å². The Hall–Kier alpha value is -1.58. The Kier molecular flexibility index (Phi) is 6.69. The third kappa shape index (κ3) is 4.72. The second kappa shape index (κ2) is 8.77. The van der Waals surface area contributed by atoms with Gasteiger partial charge in [-0.1, -0.05) is 81.1 Å². The zero-order valence-electron chi connectivity index (χ0n) is 13.3. The molecule has 0 bridgehead atoms. The van der Waals surface area contributed by atoms with Gasteiger partial charge >= 0.3 is 7.12 Å². The lowest BCUT2D eigenvalue weighted by atomic mass is 9.75. The van der Waals surface area contributed by atoms with Crippen LogP contribution in [0.5, 0.6) is 0 Å². The minimum atomic E-state index is -1.44. The fourth-order valence-electron chi connectivity index (χ4n) is 2.77. The van der Waals surface area contributed by atoms with Crippen molar-refractivity contribution in [2.75, 3.05) is 0 Å². The molecule has 2 nitrogen and oxygen atoms in total. The van der Waals surface area contributed by atoms with E-state index in [2.05, 4.69) is 31.2 Å². The van der Waals surface area contributed by atoms with Crippen LogP contribution in [0.1, 0.15) is 44.6 Å². The SMILES string of the molecule is CCCCCCCc1ccc(-c2ccccc2B(O)O)cc1. The molecule has 0 atom stereocenters. The summed E-state index contributed by atoms with van der Waals surface area (Å²) in [5, 5.41) is 18.9. The molecule has 0 aliphatic heterocycles. The van der Waals surface area contributed by atoms with Crippen molar-refractivity contribution in [2.45, 2.75) is 45.4 Å². The van der Waals surface area contributed by atoms with E-state index in [1.54, 1.807) is 6.07 Å². The van der Waals surface area contributed by atoms with Crippen LogP contribution in [0.25, 0.3) is 11.1 Å². The zero-order valence-corrected chi connectivity index (χ0v) is 13.3. The fraction of sp³-hybridized carbons (Fsp3) is 0.368. The summed E-state index contributed by atoms with van der Waals surface area (Å²) in [5.74, 6) is 0. The van der Waals surface area contributed by atoms with Crippen LogP contribution >= 0.6 is 0 Å². The number of rotatable bonds is 8. The topological polar surface area (TPSA) is 40.5 Å². The summed E-state index contributed by atoms with van der Waals surface area (Å²) in [6.45, 7) is 2.24. The van der Waals surface area contributed by atoms with E-state index in [9.17, 15) is 10.0 Å². The van der Waals surface area contributed by atoms with Crippen LogP contribution in [-0.2, 0) is 6.42 Å². The monoisotopic (exact) mass is 296 g/mol. The molecule has 2 aromatic rings. The summed E-state index contributed by atoms with van der Waals surface area (Å²) in [6, 6.07) is 15.9. The Morgan fingerprint density at radius 1 is 0.818 bits per heavy atom. The standard InChI is InChI=1S/C19H25BO2/c1-2-3-4-5-6-9-16-12-14-17(15-13-16)18-10-7-8-11-19(18)20(21)22/h7-8,10-15,21-22H,2-6,9H2,1H3. The molecule has 0 fully saturated rings. The summed E-state index contributed by atoms with van der Waals surface area (Å²) in [6.07, 6.45) is 7.61. The van der Waals surface area contributed by atoms with Gasteiger partial charge in [0, 0.05) is 0 Å². The predicted molar refractivity (Wildman–Crippen MR) is 94.2 cm³/mol.